The summed E-state index contributed by atoms with van der Waals surface area (Å²) in [5.74, 6) is -0.346. The average molecular weight is 265 g/mol. The highest BCUT2D eigenvalue weighted by Crippen LogP contribution is 2.31. The molecule has 1 aromatic rings. The number of methoxy groups -OCH3 is 1. The Hall–Kier alpha value is -1.39. The molecule has 0 fully saturated rings. The molecule has 0 saturated heterocycles. The molecule has 0 saturated carbocycles. The Morgan fingerprint density at radius 2 is 2.21 bits per heavy atom. The fourth-order valence-electron chi connectivity index (χ4n) is 2.26. The van der Waals surface area contributed by atoms with Crippen molar-refractivity contribution in [3.8, 4) is 0 Å². The van der Waals surface area contributed by atoms with E-state index in [1.165, 1.54) is 7.11 Å². The second-order valence-corrected chi connectivity index (χ2v) is 5.03. The van der Waals surface area contributed by atoms with Gasteiger partial charge >= 0.3 is 5.97 Å². The number of hydrogen-bond donors (Lipinski definition) is 2. The molecule has 0 radical (unpaired) electrons. The first kappa shape index (κ1) is 15.7. The number of benzene rings is 1. The van der Waals surface area contributed by atoms with E-state index in [2.05, 4.69) is 0 Å². The van der Waals surface area contributed by atoms with Gasteiger partial charge in [0.05, 0.1) is 13.2 Å². The van der Waals surface area contributed by atoms with Gasteiger partial charge in [0.25, 0.3) is 0 Å². The molecule has 0 aliphatic carbocycles. The van der Waals surface area contributed by atoms with Crippen molar-refractivity contribution < 1.29 is 14.6 Å². The first-order valence-electron chi connectivity index (χ1n) is 6.50. The third kappa shape index (κ3) is 3.55. The summed E-state index contributed by atoms with van der Waals surface area (Å²) in [5, 5.41) is 9.47. The first-order valence-corrected chi connectivity index (χ1v) is 6.50. The maximum atomic E-state index is 12.2. The average Bonchev–Trinajstić information content (AvgIpc) is 2.39. The minimum absolute atomic E-state index is 0.163. The van der Waals surface area contributed by atoms with E-state index in [1.54, 1.807) is 6.92 Å². The standard InChI is InChI=1S/C15H23NO3/c1-11-5-4-6-13(9-11)15(10-16,14(18)19-3)8-7-12(2)17/h4-6,9,12,17H,7-8,10,16H2,1-3H3. The molecule has 0 spiro atoms. The Balaban J connectivity index is 3.19. The SMILES string of the molecule is COC(=O)C(CN)(CCC(C)O)c1cccc(C)c1. The van der Waals surface area contributed by atoms with Gasteiger partial charge in [-0.2, -0.15) is 0 Å². The Morgan fingerprint density at radius 3 is 2.68 bits per heavy atom. The predicted molar refractivity (Wildman–Crippen MR) is 74.8 cm³/mol. The third-order valence-corrected chi connectivity index (χ3v) is 3.48. The maximum absolute atomic E-state index is 12.2. The molecule has 106 valence electrons. The van der Waals surface area contributed by atoms with Crippen molar-refractivity contribution in [1.29, 1.82) is 0 Å². The predicted octanol–water partition coefficient (Wildman–Crippen LogP) is 1.53. The van der Waals surface area contributed by atoms with E-state index >= 15 is 0 Å². The number of hydrogen-bond acceptors (Lipinski definition) is 4. The fourth-order valence-corrected chi connectivity index (χ4v) is 2.26. The van der Waals surface area contributed by atoms with Gasteiger partial charge in [0, 0.05) is 6.54 Å². The van der Waals surface area contributed by atoms with Crippen LogP contribution in [0.2, 0.25) is 0 Å². The zero-order valence-electron chi connectivity index (χ0n) is 11.8. The largest absolute Gasteiger partial charge is 0.468 e. The number of carbonyl (C=O) groups is 1. The van der Waals surface area contributed by atoms with Crippen molar-refractivity contribution in [3.05, 3.63) is 35.4 Å². The Labute approximate surface area is 114 Å². The van der Waals surface area contributed by atoms with Crippen molar-refractivity contribution in [2.45, 2.75) is 38.2 Å². The van der Waals surface area contributed by atoms with Crippen LogP contribution in [-0.2, 0) is 14.9 Å². The van der Waals surface area contributed by atoms with E-state index in [-0.39, 0.29) is 12.5 Å². The van der Waals surface area contributed by atoms with E-state index in [0.29, 0.717) is 12.8 Å². The highest BCUT2D eigenvalue weighted by molar-refractivity contribution is 5.83. The minimum atomic E-state index is -0.877. The van der Waals surface area contributed by atoms with E-state index in [4.69, 9.17) is 10.5 Å². The minimum Gasteiger partial charge on any atom is -0.468 e. The fraction of sp³-hybridized carbons (Fsp3) is 0.533. The van der Waals surface area contributed by atoms with Gasteiger partial charge in [-0.25, -0.2) is 0 Å². The molecule has 2 unspecified atom stereocenters. The van der Waals surface area contributed by atoms with Gasteiger partial charge in [0.1, 0.15) is 5.41 Å². The number of carbonyl (C=O) groups excluding carboxylic acids is 1. The summed E-state index contributed by atoms with van der Waals surface area (Å²) in [6.07, 6.45) is 0.498. The molecule has 0 aromatic heterocycles. The summed E-state index contributed by atoms with van der Waals surface area (Å²) in [6.45, 7) is 3.83. The number of aryl methyl sites for hydroxylation is 1. The number of esters is 1. The lowest BCUT2D eigenvalue weighted by molar-refractivity contribution is -0.147. The van der Waals surface area contributed by atoms with Gasteiger partial charge in [-0.1, -0.05) is 29.8 Å². The van der Waals surface area contributed by atoms with Crippen LogP contribution in [0.4, 0.5) is 0 Å². The number of aliphatic hydroxyl groups is 1. The number of ether oxygens (including phenoxy) is 1. The molecule has 19 heavy (non-hydrogen) atoms. The second-order valence-electron chi connectivity index (χ2n) is 5.03. The summed E-state index contributed by atoms with van der Waals surface area (Å²) in [6, 6.07) is 7.71. The lowest BCUT2D eigenvalue weighted by Crippen LogP contribution is -2.44. The number of rotatable bonds is 6. The summed E-state index contributed by atoms with van der Waals surface area (Å²) < 4.78 is 4.93. The van der Waals surface area contributed by atoms with Crippen LogP contribution in [0.15, 0.2) is 24.3 Å². The third-order valence-electron chi connectivity index (χ3n) is 3.48. The Kier molecular flexibility index (Phi) is 5.51. The van der Waals surface area contributed by atoms with Crippen LogP contribution in [0.5, 0.6) is 0 Å². The van der Waals surface area contributed by atoms with Crippen LogP contribution in [0.1, 0.15) is 30.9 Å². The quantitative estimate of drug-likeness (QED) is 0.765. The topological polar surface area (TPSA) is 72.5 Å². The van der Waals surface area contributed by atoms with Gasteiger partial charge in [-0.15, -0.1) is 0 Å². The first-order chi connectivity index (χ1) is 8.96. The van der Waals surface area contributed by atoms with E-state index in [0.717, 1.165) is 11.1 Å². The maximum Gasteiger partial charge on any atom is 0.317 e. The molecule has 1 aromatic carbocycles. The van der Waals surface area contributed by atoms with Gasteiger partial charge < -0.3 is 15.6 Å². The Morgan fingerprint density at radius 1 is 1.53 bits per heavy atom. The number of nitrogens with two attached hydrogens (primary N) is 1. The number of aliphatic hydroxyl groups excluding tert-OH is 1. The molecule has 0 amide bonds. The van der Waals surface area contributed by atoms with Crippen LogP contribution in [0, 0.1) is 6.92 Å². The van der Waals surface area contributed by atoms with Crippen molar-refractivity contribution in [2.24, 2.45) is 5.73 Å². The molecular formula is C15H23NO3. The van der Waals surface area contributed by atoms with Gasteiger partial charge in [-0.05, 0) is 32.3 Å². The molecule has 4 heteroatoms. The molecule has 0 bridgehead atoms. The molecule has 0 heterocycles. The van der Waals surface area contributed by atoms with Gasteiger partial charge in [0.2, 0.25) is 0 Å². The summed E-state index contributed by atoms with van der Waals surface area (Å²) in [4.78, 5) is 12.2. The smallest absolute Gasteiger partial charge is 0.317 e. The zero-order chi connectivity index (χ0) is 14.5. The summed E-state index contributed by atoms with van der Waals surface area (Å²) in [7, 11) is 1.37. The summed E-state index contributed by atoms with van der Waals surface area (Å²) in [5.41, 5.74) is 6.91. The van der Waals surface area contributed by atoms with Gasteiger partial charge in [0.15, 0.2) is 0 Å². The molecule has 0 aliphatic heterocycles. The lowest BCUT2D eigenvalue weighted by atomic mass is 9.75. The van der Waals surface area contributed by atoms with Crippen LogP contribution < -0.4 is 5.73 Å². The van der Waals surface area contributed by atoms with Crippen molar-refractivity contribution >= 4 is 5.97 Å². The molecule has 0 aliphatic rings. The molecule has 1 rings (SSSR count). The van der Waals surface area contributed by atoms with E-state index in [1.807, 2.05) is 31.2 Å². The van der Waals surface area contributed by atoms with Gasteiger partial charge in [-0.3, -0.25) is 4.79 Å². The van der Waals surface area contributed by atoms with Crippen LogP contribution in [0.3, 0.4) is 0 Å². The molecule has 4 nitrogen and oxygen atoms in total. The Bertz CT molecular complexity index is 431. The monoisotopic (exact) mass is 265 g/mol. The van der Waals surface area contributed by atoms with Crippen LogP contribution in [0.25, 0.3) is 0 Å². The van der Waals surface area contributed by atoms with Crippen molar-refractivity contribution in [1.82, 2.24) is 0 Å². The van der Waals surface area contributed by atoms with Crippen molar-refractivity contribution in [2.75, 3.05) is 13.7 Å². The lowest BCUT2D eigenvalue weighted by Gasteiger charge is -2.31. The zero-order valence-corrected chi connectivity index (χ0v) is 11.8. The molecule has 3 N–H and O–H groups in total. The highest BCUT2D eigenvalue weighted by atomic mass is 16.5. The molecule has 2 atom stereocenters. The second kappa shape index (κ2) is 6.68. The van der Waals surface area contributed by atoms with Crippen LogP contribution >= 0.6 is 0 Å². The highest BCUT2D eigenvalue weighted by Gasteiger charge is 2.40. The van der Waals surface area contributed by atoms with E-state index in [9.17, 15) is 9.90 Å². The van der Waals surface area contributed by atoms with E-state index < -0.39 is 11.5 Å². The normalized spacial score (nSPS) is 15.6. The van der Waals surface area contributed by atoms with Crippen LogP contribution in [-0.4, -0.2) is 30.8 Å². The summed E-state index contributed by atoms with van der Waals surface area (Å²) >= 11 is 0. The van der Waals surface area contributed by atoms with Crippen molar-refractivity contribution in [3.63, 3.8) is 0 Å². The molecular weight excluding hydrogens is 242 g/mol.